The Hall–Kier alpha value is -1.62. The van der Waals surface area contributed by atoms with Crippen LogP contribution in [-0.2, 0) is 13.1 Å². The van der Waals surface area contributed by atoms with Gasteiger partial charge in [0.1, 0.15) is 0 Å². The van der Waals surface area contributed by atoms with Gasteiger partial charge in [0.2, 0.25) is 5.89 Å². The van der Waals surface area contributed by atoms with Gasteiger partial charge in [0, 0.05) is 25.4 Å². The first-order chi connectivity index (χ1) is 7.79. The van der Waals surface area contributed by atoms with Crippen molar-refractivity contribution in [2.75, 3.05) is 6.54 Å². The molecule has 0 aromatic carbocycles. The van der Waals surface area contributed by atoms with Crippen molar-refractivity contribution < 1.29 is 4.52 Å². The van der Waals surface area contributed by atoms with Crippen molar-refractivity contribution in [3.8, 4) is 0 Å². The number of aromatic nitrogens is 3. The highest BCUT2D eigenvalue weighted by atomic mass is 16.5. The highest BCUT2D eigenvalue weighted by molar-refractivity contribution is 5.08. The zero-order chi connectivity index (χ0) is 11.4. The van der Waals surface area contributed by atoms with Crippen LogP contribution < -0.4 is 5.32 Å². The molecule has 0 aliphatic rings. The van der Waals surface area contributed by atoms with Gasteiger partial charge in [-0.15, -0.1) is 0 Å². The molecule has 0 amide bonds. The van der Waals surface area contributed by atoms with Gasteiger partial charge in [-0.2, -0.15) is 4.98 Å². The smallest absolute Gasteiger partial charge is 0.223 e. The van der Waals surface area contributed by atoms with Gasteiger partial charge in [0.15, 0.2) is 5.82 Å². The summed E-state index contributed by atoms with van der Waals surface area (Å²) in [6.45, 7) is 6.37. The van der Waals surface area contributed by atoms with Crippen LogP contribution in [0.3, 0.4) is 0 Å². The van der Waals surface area contributed by atoms with Crippen LogP contribution in [0.1, 0.15) is 24.3 Å². The molecule has 0 saturated heterocycles. The summed E-state index contributed by atoms with van der Waals surface area (Å²) in [6.07, 6.45) is 2.03. The van der Waals surface area contributed by atoms with Crippen molar-refractivity contribution >= 4 is 0 Å². The third kappa shape index (κ3) is 2.49. The van der Waals surface area contributed by atoms with Gasteiger partial charge in [0.05, 0.1) is 6.54 Å². The van der Waals surface area contributed by atoms with E-state index in [2.05, 4.69) is 33.0 Å². The first-order valence-electron chi connectivity index (χ1n) is 5.43. The lowest BCUT2D eigenvalue weighted by atomic mass is 10.4. The Balaban J connectivity index is 2.06. The molecule has 0 spiro atoms. The molecule has 5 nitrogen and oxygen atoms in total. The topological polar surface area (TPSA) is 55.9 Å². The summed E-state index contributed by atoms with van der Waals surface area (Å²) in [6, 6.07) is 4.12. The molecule has 0 aliphatic carbocycles. The second kappa shape index (κ2) is 4.94. The molecule has 0 saturated carbocycles. The molecule has 2 aromatic heterocycles. The zero-order valence-corrected chi connectivity index (χ0v) is 9.60. The summed E-state index contributed by atoms with van der Waals surface area (Å²) in [5, 5.41) is 7.18. The van der Waals surface area contributed by atoms with E-state index in [0.717, 1.165) is 13.1 Å². The first kappa shape index (κ1) is 10.9. The average Bonchev–Trinajstić information content (AvgIpc) is 2.86. The predicted molar refractivity (Wildman–Crippen MR) is 59.9 cm³/mol. The molecule has 86 valence electrons. The molecule has 0 radical (unpaired) electrons. The summed E-state index contributed by atoms with van der Waals surface area (Å²) in [7, 11) is 0. The Bertz CT molecular complexity index is 446. The quantitative estimate of drug-likeness (QED) is 0.826. The predicted octanol–water partition coefficient (Wildman–Crippen LogP) is 1.34. The van der Waals surface area contributed by atoms with E-state index in [1.807, 2.05) is 12.3 Å². The molecule has 0 atom stereocenters. The number of hydrogen-bond donors (Lipinski definition) is 1. The van der Waals surface area contributed by atoms with Crippen molar-refractivity contribution in [3.63, 3.8) is 0 Å². The molecular weight excluding hydrogens is 204 g/mol. The van der Waals surface area contributed by atoms with Gasteiger partial charge in [-0.1, -0.05) is 12.1 Å². The van der Waals surface area contributed by atoms with Crippen LogP contribution in [0.2, 0.25) is 0 Å². The monoisotopic (exact) mass is 220 g/mol. The third-order valence-corrected chi connectivity index (χ3v) is 2.36. The van der Waals surface area contributed by atoms with Gasteiger partial charge in [0.25, 0.3) is 0 Å². The molecule has 0 fully saturated rings. The number of nitrogens with zero attached hydrogens (tertiary/aromatic N) is 3. The van der Waals surface area contributed by atoms with Crippen molar-refractivity contribution in [2.45, 2.75) is 26.9 Å². The van der Waals surface area contributed by atoms with Crippen LogP contribution in [0.5, 0.6) is 0 Å². The van der Waals surface area contributed by atoms with E-state index in [-0.39, 0.29) is 0 Å². The van der Waals surface area contributed by atoms with Crippen LogP contribution in [0.25, 0.3) is 0 Å². The minimum Gasteiger partial charge on any atom is -0.342 e. The fraction of sp³-hybridized carbons (Fsp3) is 0.455. The van der Waals surface area contributed by atoms with E-state index in [0.29, 0.717) is 18.3 Å². The fourth-order valence-corrected chi connectivity index (χ4v) is 1.58. The first-order valence-corrected chi connectivity index (χ1v) is 5.43. The van der Waals surface area contributed by atoms with Crippen LogP contribution in [0.4, 0.5) is 0 Å². The fourth-order valence-electron chi connectivity index (χ4n) is 1.58. The summed E-state index contributed by atoms with van der Waals surface area (Å²) >= 11 is 0. The molecule has 2 heterocycles. The van der Waals surface area contributed by atoms with E-state index in [1.54, 1.807) is 6.92 Å². The highest BCUT2D eigenvalue weighted by Crippen LogP contribution is 2.05. The Morgan fingerprint density at radius 2 is 2.38 bits per heavy atom. The number of aryl methyl sites for hydroxylation is 1. The third-order valence-electron chi connectivity index (χ3n) is 2.36. The number of nitrogens with one attached hydrogen (secondary N) is 1. The highest BCUT2D eigenvalue weighted by Gasteiger charge is 2.05. The van der Waals surface area contributed by atoms with Gasteiger partial charge < -0.3 is 14.4 Å². The largest absolute Gasteiger partial charge is 0.342 e. The molecule has 5 heteroatoms. The van der Waals surface area contributed by atoms with E-state index < -0.39 is 0 Å². The molecule has 0 bridgehead atoms. The van der Waals surface area contributed by atoms with E-state index in [4.69, 9.17) is 4.52 Å². The Kier molecular flexibility index (Phi) is 3.36. The van der Waals surface area contributed by atoms with E-state index in [1.165, 1.54) is 5.69 Å². The molecule has 0 aliphatic heterocycles. The van der Waals surface area contributed by atoms with Gasteiger partial charge >= 0.3 is 0 Å². The molecule has 2 aromatic rings. The summed E-state index contributed by atoms with van der Waals surface area (Å²) < 4.78 is 7.06. The molecule has 16 heavy (non-hydrogen) atoms. The Morgan fingerprint density at radius 3 is 3.06 bits per heavy atom. The lowest BCUT2D eigenvalue weighted by Crippen LogP contribution is -2.15. The SMILES string of the molecule is CCNCc1cccn1Cc1noc(C)n1. The van der Waals surface area contributed by atoms with Gasteiger partial charge in [-0.25, -0.2) is 0 Å². The maximum Gasteiger partial charge on any atom is 0.223 e. The molecule has 2 rings (SSSR count). The van der Waals surface area contributed by atoms with Crippen LogP contribution in [0.15, 0.2) is 22.9 Å². The van der Waals surface area contributed by atoms with Crippen molar-refractivity contribution in [3.05, 3.63) is 35.7 Å². The zero-order valence-electron chi connectivity index (χ0n) is 9.60. The standard InChI is InChI=1S/C11H16N4O/c1-3-12-7-10-5-4-6-15(10)8-11-13-9(2)16-14-11/h4-6,12H,3,7-8H2,1-2H3. The van der Waals surface area contributed by atoms with Gasteiger partial charge in [-0.05, 0) is 18.7 Å². The second-order valence-corrected chi connectivity index (χ2v) is 3.64. The maximum absolute atomic E-state index is 4.94. The minimum atomic E-state index is 0.607. The summed E-state index contributed by atoms with van der Waals surface area (Å²) in [4.78, 5) is 4.19. The van der Waals surface area contributed by atoms with Gasteiger partial charge in [-0.3, -0.25) is 0 Å². The van der Waals surface area contributed by atoms with Crippen LogP contribution in [0, 0.1) is 6.92 Å². The molecule has 0 unspecified atom stereocenters. The number of rotatable bonds is 5. The average molecular weight is 220 g/mol. The van der Waals surface area contributed by atoms with E-state index >= 15 is 0 Å². The number of hydrogen-bond acceptors (Lipinski definition) is 4. The van der Waals surface area contributed by atoms with E-state index in [9.17, 15) is 0 Å². The normalized spacial score (nSPS) is 10.9. The molecular formula is C11H16N4O. The Labute approximate surface area is 94.5 Å². The van der Waals surface area contributed by atoms with Crippen LogP contribution >= 0.6 is 0 Å². The second-order valence-electron chi connectivity index (χ2n) is 3.64. The summed E-state index contributed by atoms with van der Waals surface area (Å²) in [5.41, 5.74) is 1.23. The summed E-state index contributed by atoms with van der Waals surface area (Å²) in [5.74, 6) is 1.32. The maximum atomic E-state index is 4.94. The van der Waals surface area contributed by atoms with Crippen molar-refractivity contribution in [2.24, 2.45) is 0 Å². The minimum absolute atomic E-state index is 0.607. The van der Waals surface area contributed by atoms with Crippen LogP contribution in [-0.4, -0.2) is 21.3 Å². The lowest BCUT2D eigenvalue weighted by molar-refractivity contribution is 0.386. The van der Waals surface area contributed by atoms with Crippen molar-refractivity contribution in [1.82, 2.24) is 20.0 Å². The Morgan fingerprint density at radius 1 is 1.50 bits per heavy atom. The van der Waals surface area contributed by atoms with Crippen molar-refractivity contribution in [1.29, 1.82) is 0 Å². The molecule has 1 N–H and O–H groups in total. The lowest BCUT2D eigenvalue weighted by Gasteiger charge is -2.06.